The van der Waals surface area contributed by atoms with Gasteiger partial charge in [-0.2, -0.15) is 0 Å². The molecule has 0 amide bonds. The van der Waals surface area contributed by atoms with Crippen molar-refractivity contribution in [1.82, 2.24) is 0 Å². The first-order valence-electron chi connectivity index (χ1n) is 5.32. The highest BCUT2D eigenvalue weighted by atomic mass is 35.5. The minimum absolute atomic E-state index is 0.0968. The van der Waals surface area contributed by atoms with Crippen LogP contribution >= 0.6 is 23.2 Å². The summed E-state index contributed by atoms with van der Waals surface area (Å²) in [5.74, 6) is -0.145. The quantitative estimate of drug-likeness (QED) is 0.637. The Morgan fingerprint density at radius 3 is 2.53 bits per heavy atom. The SMILES string of the molecule is O=COc1cccc(C(=O)c2cccc(Cl)c2)c1Cl. The first kappa shape index (κ1) is 13.6. The van der Waals surface area contributed by atoms with Crippen molar-refractivity contribution in [3.8, 4) is 5.75 Å². The van der Waals surface area contributed by atoms with Crippen molar-refractivity contribution in [3.63, 3.8) is 0 Å². The van der Waals surface area contributed by atoms with Crippen LogP contribution in [0, 0.1) is 0 Å². The number of benzene rings is 2. The zero-order chi connectivity index (χ0) is 13.8. The molecule has 0 aliphatic carbocycles. The molecule has 0 radical (unpaired) electrons. The molecule has 19 heavy (non-hydrogen) atoms. The Balaban J connectivity index is 2.44. The zero-order valence-corrected chi connectivity index (χ0v) is 11.1. The number of rotatable bonds is 4. The molecule has 0 fully saturated rings. The molecular weight excluding hydrogens is 287 g/mol. The van der Waals surface area contributed by atoms with Crippen molar-refractivity contribution in [2.24, 2.45) is 0 Å². The van der Waals surface area contributed by atoms with Crippen LogP contribution in [0.3, 0.4) is 0 Å². The highest BCUT2D eigenvalue weighted by Crippen LogP contribution is 2.29. The van der Waals surface area contributed by atoms with Gasteiger partial charge < -0.3 is 4.74 Å². The van der Waals surface area contributed by atoms with Crippen molar-refractivity contribution in [3.05, 3.63) is 63.6 Å². The molecule has 0 aromatic heterocycles. The number of ether oxygens (including phenoxy) is 1. The Morgan fingerprint density at radius 2 is 1.84 bits per heavy atom. The van der Waals surface area contributed by atoms with Crippen LogP contribution in [0.4, 0.5) is 0 Å². The van der Waals surface area contributed by atoms with Crippen LogP contribution in [0.1, 0.15) is 15.9 Å². The molecule has 2 aromatic carbocycles. The second kappa shape index (κ2) is 5.87. The van der Waals surface area contributed by atoms with Crippen molar-refractivity contribution in [1.29, 1.82) is 0 Å². The number of hydrogen-bond acceptors (Lipinski definition) is 3. The lowest BCUT2D eigenvalue weighted by Crippen LogP contribution is -2.03. The molecule has 0 saturated carbocycles. The normalized spacial score (nSPS) is 10.0. The molecule has 0 N–H and O–H groups in total. The summed E-state index contributed by atoms with van der Waals surface area (Å²) in [6, 6.07) is 11.2. The molecule has 0 aliphatic rings. The molecular formula is C14H8Cl2O3. The van der Waals surface area contributed by atoms with Crippen LogP contribution in [0.25, 0.3) is 0 Å². The third-order valence-corrected chi connectivity index (χ3v) is 3.09. The van der Waals surface area contributed by atoms with Gasteiger partial charge in [-0.3, -0.25) is 9.59 Å². The van der Waals surface area contributed by atoms with Gasteiger partial charge in [0.25, 0.3) is 6.47 Å². The van der Waals surface area contributed by atoms with E-state index in [1.165, 1.54) is 6.07 Å². The third-order valence-electron chi connectivity index (χ3n) is 2.47. The van der Waals surface area contributed by atoms with Crippen molar-refractivity contribution < 1.29 is 14.3 Å². The van der Waals surface area contributed by atoms with Gasteiger partial charge in [0.05, 0.1) is 5.02 Å². The molecule has 0 unspecified atom stereocenters. The van der Waals surface area contributed by atoms with E-state index in [0.29, 0.717) is 10.6 Å². The van der Waals surface area contributed by atoms with Gasteiger partial charge in [0.15, 0.2) is 5.78 Å². The van der Waals surface area contributed by atoms with Crippen molar-refractivity contribution in [2.75, 3.05) is 0 Å². The molecule has 0 bridgehead atoms. The van der Waals surface area contributed by atoms with Crippen molar-refractivity contribution in [2.45, 2.75) is 0 Å². The fourth-order valence-corrected chi connectivity index (χ4v) is 2.06. The minimum atomic E-state index is -0.288. The van der Waals surface area contributed by atoms with Gasteiger partial charge in [0.1, 0.15) is 5.75 Å². The average molecular weight is 295 g/mol. The summed E-state index contributed by atoms with van der Waals surface area (Å²) in [4.78, 5) is 22.6. The Kier molecular flexibility index (Phi) is 4.20. The maximum Gasteiger partial charge on any atom is 0.298 e. The van der Waals surface area contributed by atoms with Gasteiger partial charge in [-0.1, -0.05) is 41.4 Å². The molecule has 0 spiro atoms. The molecule has 96 valence electrons. The Bertz CT molecular complexity index is 638. The van der Waals surface area contributed by atoms with E-state index < -0.39 is 0 Å². The van der Waals surface area contributed by atoms with E-state index in [0.717, 1.165) is 0 Å². The number of carbonyl (C=O) groups is 2. The topological polar surface area (TPSA) is 43.4 Å². The second-order valence-corrected chi connectivity index (χ2v) is 4.49. The van der Waals surface area contributed by atoms with Crippen LogP contribution in [0.2, 0.25) is 10.0 Å². The minimum Gasteiger partial charge on any atom is -0.427 e. The van der Waals surface area contributed by atoms with Crippen LogP contribution in [-0.2, 0) is 4.79 Å². The summed E-state index contributed by atoms with van der Waals surface area (Å²) in [5, 5.41) is 0.557. The van der Waals surface area contributed by atoms with E-state index in [9.17, 15) is 9.59 Å². The van der Waals surface area contributed by atoms with Crippen LogP contribution in [-0.4, -0.2) is 12.3 Å². The molecule has 0 atom stereocenters. The Labute approximate surface area is 119 Å². The molecule has 3 nitrogen and oxygen atoms in total. The maximum absolute atomic E-state index is 12.3. The number of ketones is 1. The number of hydrogen-bond donors (Lipinski definition) is 0. The first-order valence-corrected chi connectivity index (χ1v) is 6.08. The van der Waals surface area contributed by atoms with Gasteiger partial charge in [0, 0.05) is 16.1 Å². The predicted molar refractivity (Wildman–Crippen MR) is 73.0 cm³/mol. The summed E-state index contributed by atoms with van der Waals surface area (Å²) >= 11 is 11.9. The summed E-state index contributed by atoms with van der Waals surface area (Å²) in [6.45, 7) is 0.259. The fraction of sp³-hybridized carbons (Fsp3) is 0. The number of carbonyl (C=O) groups excluding carboxylic acids is 2. The zero-order valence-electron chi connectivity index (χ0n) is 9.60. The lowest BCUT2D eigenvalue weighted by Gasteiger charge is -2.07. The lowest BCUT2D eigenvalue weighted by molar-refractivity contribution is -0.120. The molecule has 0 saturated heterocycles. The molecule has 0 aliphatic heterocycles. The standard InChI is InChI=1S/C14H8Cl2O3/c15-10-4-1-3-9(7-10)14(18)11-5-2-6-12(13(11)16)19-8-17/h1-8H. The van der Waals surface area contributed by atoms with E-state index in [-0.39, 0.29) is 28.6 Å². The van der Waals surface area contributed by atoms with Crippen LogP contribution in [0.5, 0.6) is 5.75 Å². The van der Waals surface area contributed by atoms with Gasteiger partial charge in [0.2, 0.25) is 0 Å². The average Bonchev–Trinajstić information content (AvgIpc) is 2.41. The van der Waals surface area contributed by atoms with Gasteiger partial charge in [-0.25, -0.2) is 0 Å². The monoisotopic (exact) mass is 294 g/mol. The molecule has 5 heteroatoms. The van der Waals surface area contributed by atoms with Crippen molar-refractivity contribution >= 4 is 35.5 Å². The predicted octanol–water partition coefficient (Wildman–Crippen LogP) is 3.76. The van der Waals surface area contributed by atoms with E-state index in [1.54, 1.807) is 36.4 Å². The molecule has 2 aromatic rings. The smallest absolute Gasteiger partial charge is 0.298 e. The Morgan fingerprint density at radius 1 is 1.11 bits per heavy atom. The second-order valence-electron chi connectivity index (χ2n) is 3.67. The van der Waals surface area contributed by atoms with Crippen LogP contribution in [0.15, 0.2) is 42.5 Å². The van der Waals surface area contributed by atoms with E-state index in [2.05, 4.69) is 0 Å². The fourth-order valence-electron chi connectivity index (χ4n) is 1.61. The van der Waals surface area contributed by atoms with Gasteiger partial charge in [-0.15, -0.1) is 0 Å². The third kappa shape index (κ3) is 2.95. The largest absolute Gasteiger partial charge is 0.427 e. The van der Waals surface area contributed by atoms with Gasteiger partial charge >= 0.3 is 0 Å². The molecule has 2 rings (SSSR count). The maximum atomic E-state index is 12.3. The summed E-state index contributed by atoms with van der Waals surface area (Å²) in [7, 11) is 0. The lowest BCUT2D eigenvalue weighted by atomic mass is 10.0. The van der Waals surface area contributed by atoms with E-state index in [1.807, 2.05) is 0 Å². The van der Waals surface area contributed by atoms with E-state index in [4.69, 9.17) is 27.9 Å². The summed E-state index contributed by atoms with van der Waals surface area (Å²) < 4.78 is 4.70. The Hall–Kier alpha value is -1.84. The van der Waals surface area contributed by atoms with Crippen LogP contribution < -0.4 is 4.74 Å². The number of halogens is 2. The first-order chi connectivity index (χ1) is 9.13. The summed E-state index contributed by atoms with van der Waals surface area (Å²) in [5.41, 5.74) is 0.668. The van der Waals surface area contributed by atoms with E-state index >= 15 is 0 Å². The van der Waals surface area contributed by atoms with Gasteiger partial charge in [-0.05, 0) is 24.3 Å². The highest BCUT2D eigenvalue weighted by Gasteiger charge is 2.16. The summed E-state index contributed by atoms with van der Waals surface area (Å²) in [6.07, 6.45) is 0. The highest BCUT2D eigenvalue weighted by molar-refractivity contribution is 6.36. The molecule has 0 heterocycles.